The summed E-state index contributed by atoms with van der Waals surface area (Å²) in [5.74, 6) is -0.294. The van der Waals surface area contributed by atoms with Crippen molar-refractivity contribution in [1.29, 1.82) is 0 Å². The van der Waals surface area contributed by atoms with E-state index in [1.165, 1.54) is 17.4 Å². The first-order chi connectivity index (χ1) is 8.56. The van der Waals surface area contributed by atoms with E-state index in [4.69, 9.17) is 0 Å². The lowest BCUT2D eigenvalue weighted by Crippen LogP contribution is -2.22. The molecular formula is C13H14N2O2S. The van der Waals surface area contributed by atoms with Gasteiger partial charge in [0, 0.05) is 11.1 Å². The lowest BCUT2D eigenvalue weighted by molar-refractivity contribution is 0.0948. The number of rotatable bonds is 3. The van der Waals surface area contributed by atoms with Gasteiger partial charge in [-0.15, -0.1) is 11.3 Å². The van der Waals surface area contributed by atoms with E-state index < -0.39 is 0 Å². The van der Waals surface area contributed by atoms with Gasteiger partial charge in [-0.3, -0.25) is 4.79 Å². The zero-order valence-corrected chi connectivity index (χ0v) is 11.0. The molecule has 94 valence electrons. The average Bonchev–Trinajstić information content (AvgIpc) is 2.75. The van der Waals surface area contributed by atoms with Crippen LogP contribution in [0, 0.1) is 13.8 Å². The SMILES string of the molecule is Cc1ccc(O)c(C(=O)NCc2nc(C)cs2)c1. The van der Waals surface area contributed by atoms with Gasteiger partial charge in [0.05, 0.1) is 12.1 Å². The van der Waals surface area contributed by atoms with E-state index in [1.807, 2.05) is 19.2 Å². The van der Waals surface area contributed by atoms with Crippen molar-refractivity contribution in [2.75, 3.05) is 0 Å². The maximum atomic E-state index is 11.9. The molecule has 0 saturated carbocycles. The van der Waals surface area contributed by atoms with E-state index in [1.54, 1.807) is 12.1 Å². The fraction of sp³-hybridized carbons (Fsp3) is 0.231. The number of carbonyl (C=O) groups is 1. The van der Waals surface area contributed by atoms with Gasteiger partial charge < -0.3 is 10.4 Å². The maximum absolute atomic E-state index is 11.9. The molecule has 0 spiro atoms. The molecule has 2 N–H and O–H groups in total. The Morgan fingerprint density at radius 3 is 2.89 bits per heavy atom. The van der Waals surface area contributed by atoms with Crippen LogP contribution >= 0.6 is 11.3 Å². The Bertz CT molecular complexity index is 578. The van der Waals surface area contributed by atoms with E-state index in [0.29, 0.717) is 12.1 Å². The number of benzene rings is 1. The Morgan fingerprint density at radius 1 is 1.44 bits per heavy atom. The van der Waals surface area contributed by atoms with Crippen molar-refractivity contribution in [3.05, 3.63) is 45.4 Å². The molecule has 0 radical (unpaired) electrons. The van der Waals surface area contributed by atoms with Gasteiger partial charge in [0.15, 0.2) is 0 Å². The molecule has 0 saturated heterocycles. The highest BCUT2D eigenvalue weighted by molar-refractivity contribution is 7.09. The molecule has 5 heteroatoms. The molecule has 1 aromatic carbocycles. The number of hydrogen-bond donors (Lipinski definition) is 2. The number of thiazole rings is 1. The Morgan fingerprint density at radius 2 is 2.22 bits per heavy atom. The molecule has 1 heterocycles. The molecule has 1 amide bonds. The van der Waals surface area contributed by atoms with Crippen LogP contribution in [0.2, 0.25) is 0 Å². The number of aromatic nitrogens is 1. The van der Waals surface area contributed by atoms with Crippen LogP contribution in [0.15, 0.2) is 23.6 Å². The van der Waals surface area contributed by atoms with Crippen LogP contribution in [0.5, 0.6) is 5.75 Å². The summed E-state index contributed by atoms with van der Waals surface area (Å²) in [6.45, 7) is 4.17. The molecule has 1 aromatic heterocycles. The number of carbonyl (C=O) groups excluding carboxylic acids is 1. The number of aryl methyl sites for hydroxylation is 2. The summed E-state index contributed by atoms with van der Waals surface area (Å²) >= 11 is 1.51. The first-order valence-corrected chi connectivity index (χ1v) is 6.43. The predicted molar refractivity (Wildman–Crippen MR) is 70.9 cm³/mol. The average molecular weight is 262 g/mol. The van der Waals surface area contributed by atoms with Crippen molar-refractivity contribution in [1.82, 2.24) is 10.3 Å². The highest BCUT2D eigenvalue weighted by Crippen LogP contribution is 2.18. The minimum Gasteiger partial charge on any atom is -0.507 e. The summed E-state index contributed by atoms with van der Waals surface area (Å²) < 4.78 is 0. The smallest absolute Gasteiger partial charge is 0.255 e. The lowest BCUT2D eigenvalue weighted by Gasteiger charge is -2.06. The van der Waals surface area contributed by atoms with Crippen LogP contribution < -0.4 is 5.32 Å². The van der Waals surface area contributed by atoms with Gasteiger partial charge in [-0.1, -0.05) is 11.6 Å². The second-order valence-corrected chi connectivity index (χ2v) is 5.03. The first-order valence-electron chi connectivity index (χ1n) is 5.55. The number of nitrogens with one attached hydrogen (secondary N) is 1. The summed E-state index contributed by atoms with van der Waals surface area (Å²) in [6.07, 6.45) is 0. The van der Waals surface area contributed by atoms with Crippen LogP contribution in [0.4, 0.5) is 0 Å². The van der Waals surface area contributed by atoms with Crippen molar-refractivity contribution in [2.45, 2.75) is 20.4 Å². The Hall–Kier alpha value is -1.88. The molecule has 0 bridgehead atoms. The van der Waals surface area contributed by atoms with E-state index in [9.17, 15) is 9.90 Å². The monoisotopic (exact) mass is 262 g/mol. The van der Waals surface area contributed by atoms with Gasteiger partial charge in [-0.25, -0.2) is 4.98 Å². The van der Waals surface area contributed by atoms with Crippen LogP contribution in [0.1, 0.15) is 26.6 Å². The largest absolute Gasteiger partial charge is 0.507 e. The van der Waals surface area contributed by atoms with Crippen LogP contribution in [-0.2, 0) is 6.54 Å². The van der Waals surface area contributed by atoms with Crippen molar-refractivity contribution in [2.24, 2.45) is 0 Å². The Balaban J connectivity index is 2.05. The number of aromatic hydroxyl groups is 1. The summed E-state index contributed by atoms with van der Waals surface area (Å²) in [7, 11) is 0. The van der Waals surface area contributed by atoms with E-state index >= 15 is 0 Å². The molecule has 0 atom stereocenters. The standard InChI is InChI=1S/C13H14N2O2S/c1-8-3-4-11(16)10(5-8)13(17)14-6-12-15-9(2)7-18-12/h3-5,7,16H,6H2,1-2H3,(H,14,17). The third kappa shape index (κ3) is 2.87. The molecule has 0 aliphatic heterocycles. The second-order valence-electron chi connectivity index (χ2n) is 4.09. The summed E-state index contributed by atoms with van der Waals surface area (Å²) in [4.78, 5) is 16.2. The third-order valence-corrected chi connectivity index (χ3v) is 3.43. The summed E-state index contributed by atoms with van der Waals surface area (Å²) in [5, 5.41) is 15.2. The molecule has 0 aliphatic rings. The van der Waals surface area contributed by atoms with E-state index in [-0.39, 0.29) is 11.7 Å². The number of phenolic OH excluding ortho intramolecular Hbond substituents is 1. The van der Waals surface area contributed by atoms with Gasteiger partial charge in [0.1, 0.15) is 10.8 Å². The third-order valence-electron chi connectivity index (χ3n) is 2.46. The summed E-state index contributed by atoms with van der Waals surface area (Å²) in [5.41, 5.74) is 2.17. The predicted octanol–water partition coefficient (Wildman–Crippen LogP) is 2.40. The zero-order valence-electron chi connectivity index (χ0n) is 10.2. The second kappa shape index (κ2) is 5.18. The minimum atomic E-state index is -0.288. The van der Waals surface area contributed by atoms with Crippen LogP contribution in [0.3, 0.4) is 0 Å². The normalized spacial score (nSPS) is 10.3. The maximum Gasteiger partial charge on any atom is 0.255 e. The van der Waals surface area contributed by atoms with Gasteiger partial charge in [-0.05, 0) is 26.0 Å². The molecule has 2 aromatic rings. The topological polar surface area (TPSA) is 62.2 Å². The lowest BCUT2D eigenvalue weighted by atomic mass is 10.1. The fourth-order valence-corrected chi connectivity index (χ4v) is 2.28. The molecule has 2 rings (SSSR count). The summed E-state index contributed by atoms with van der Waals surface area (Å²) in [6, 6.07) is 4.95. The van der Waals surface area contributed by atoms with Gasteiger partial charge >= 0.3 is 0 Å². The van der Waals surface area contributed by atoms with E-state index in [0.717, 1.165) is 16.3 Å². The van der Waals surface area contributed by atoms with Gasteiger partial charge in [0.25, 0.3) is 5.91 Å². The van der Waals surface area contributed by atoms with Crippen LogP contribution in [0.25, 0.3) is 0 Å². The van der Waals surface area contributed by atoms with Crippen molar-refractivity contribution in [3.63, 3.8) is 0 Å². The number of nitrogens with zero attached hydrogens (tertiary/aromatic N) is 1. The minimum absolute atomic E-state index is 0.00609. The van der Waals surface area contributed by atoms with Crippen molar-refractivity contribution < 1.29 is 9.90 Å². The zero-order chi connectivity index (χ0) is 13.1. The molecule has 18 heavy (non-hydrogen) atoms. The number of amides is 1. The molecule has 0 fully saturated rings. The van der Waals surface area contributed by atoms with Gasteiger partial charge in [-0.2, -0.15) is 0 Å². The van der Waals surface area contributed by atoms with Crippen LogP contribution in [-0.4, -0.2) is 16.0 Å². The molecular weight excluding hydrogens is 248 g/mol. The Labute approximate surface area is 109 Å². The molecule has 4 nitrogen and oxygen atoms in total. The van der Waals surface area contributed by atoms with Crippen molar-refractivity contribution in [3.8, 4) is 5.75 Å². The molecule has 0 unspecified atom stereocenters. The fourth-order valence-electron chi connectivity index (χ4n) is 1.57. The van der Waals surface area contributed by atoms with Gasteiger partial charge in [0.2, 0.25) is 0 Å². The highest BCUT2D eigenvalue weighted by Gasteiger charge is 2.11. The van der Waals surface area contributed by atoms with Crippen molar-refractivity contribution >= 4 is 17.2 Å². The van der Waals surface area contributed by atoms with E-state index in [2.05, 4.69) is 10.3 Å². The number of hydrogen-bond acceptors (Lipinski definition) is 4. The Kier molecular flexibility index (Phi) is 3.62. The highest BCUT2D eigenvalue weighted by atomic mass is 32.1. The molecule has 0 aliphatic carbocycles. The number of phenols is 1. The quantitative estimate of drug-likeness (QED) is 0.892. The first kappa shape index (κ1) is 12.6.